The van der Waals surface area contributed by atoms with Crippen molar-refractivity contribution in [3.63, 3.8) is 0 Å². The van der Waals surface area contributed by atoms with Gasteiger partial charge in [-0.3, -0.25) is 0 Å². The van der Waals surface area contributed by atoms with E-state index in [2.05, 4.69) is 59.9 Å². The Labute approximate surface area is 121 Å². The predicted octanol–water partition coefficient (Wildman–Crippen LogP) is 3.63. The van der Waals surface area contributed by atoms with Gasteiger partial charge in [0.1, 0.15) is 5.75 Å². The van der Waals surface area contributed by atoms with E-state index >= 15 is 0 Å². The minimum absolute atomic E-state index is 0.499. The molecule has 0 saturated carbocycles. The Morgan fingerprint density at radius 1 is 1.00 bits per heavy atom. The molecule has 0 heterocycles. The molecule has 2 nitrogen and oxygen atoms in total. The normalized spacial score (nSPS) is 12.1. The molecule has 106 valence electrons. The SMILES string of the molecule is CCOc1ccc(CC(CNC)c2ccccc2)cc1. The summed E-state index contributed by atoms with van der Waals surface area (Å²) in [6, 6.07) is 19.1. The average molecular weight is 269 g/mol. The lowest BCUT2D eigenvalue weighted by molar-refractivity contribution is 0.340. The fraction of sp³-hybridized carbons (Fsp3) is 0.333. The molecule has 1 N–H and O–H groups in total. The standard InChI is InChI=1S/C18H23NO/c1-3-20-18-11-9-15(10-12-18)13-17(14-19-2)16-7-5-4-6-8-16/h4-12,17,19H,3,13-14H2,1-2H3. The number of ether oxygens (including phenoxy) is 1. The van der Waals surface area contributed by atoms with Crippen molar-refractivity contribution in [3.8, 4) is 5.75 Å². The van der Waals surface area contributed by atoms with Crippen LogP contribution in [0.4, 0.5) is 0 Å². The van der Waals surface area contributed by atoms with Crippen LogP contribution in [0, 0.1) is 0 Å². The van der Waals surface area contributed by atoms with Crippen LogP contribution in [-0.2, 0) is 6.42 Å². The van der Waals surface area contributed by atoms with Gasteiger partial charge in [-0.05, 0) is 43.7 Å². The van der Waals surface area contributed by atoms with Crippen LogP contribution in [-0.4, -0.2) is 20.2 Å². The smallest absolute Gasteiger partial charge is 0.119 e. The molecular formula is C18H23NO. The summed E-state index contributed by atoms with van der Waals surface area (Å²) in [5, 5.41) is 3.29. The molecule has 2 aromatic rings. The van der Waals surface area contributed by atoms with Crippen LogP contribution >= 0.6 is 0 Å². The van der Waals surface area contributed by atoms with Crippen LogP contribution in [0.5, 0.6) is 5.75 Å². The quantitative estimate of drug-likeness (QED) is 0.828. The molecule has 20 heavy (non-hydrogen) atoms. The minimum atomic E-state index is 0.499. The molecule has 0 aromatic heterocycles. The van der Waals surface area contributed by atoms with Crippen LogP contribution in [0.25, 0.3) is 0 Å². The summed E-state index contributed by atoms with van der Waals surface area (Å²) in [7, 11) is 2.01. The molecule has 0 aliphatic heterocycles. The Balaban J connectivity index is 2.08. The second-order valence-electron chi connectivity index (χ2n) is 4.95. The highest BCUT2D eigenvalue weighted by Gasteiger charge is 2.11. The number of benzene rings is 2. The highest BCUT2D eigenvalue weighted by Crippen LogP contribution is 2.22. The van der Waals surface area contributed by atoms with E-state index in [0.717, 1.165) is 18.7 Å². The van der Waals surface area contributed by atoms with Crippen LogP contribution < -0.4 is 10.1 Å². The van der Waals surface area contributed by atoms with Gasteiger partial charge >= 0.3 is 0 Å². The third-order valence-corrected chi connectivity index (χ3v) is 3.44. The van der Waals surface area contributed by atoms with Gasteiger partial charge in [-0.2, -0.15) is 0 Å². The van der Waals surface area contributed by atoms with Crippen molar-refractivity contribution in [2.75, 3.05) is 20.2 Å². The number of nitrogens with one attached hydrogen (secondary N) is 1. The summed E-state index contributed by atoms with van der Waals surface area (Å²) in [4.78, 5) is 0. The van der Waals surface area contributed by atoms with Crippen molar-refractivity contribution in [1.29, 1.82) is 0 Å². The van der Waals surface area contributed by atoms with Crippen molar-refractivity contribution in [2.45, 2.75) is 19.3 Å². The zero-order valence-electron chi connectivity index (χ0n) is 12.3. The van der Waals surface area contributed by atoms with Gasteiger partial charge in [0.15, 0.2) is 0 Å². The molecule has 2 rings (SSSR count). The molecule has 0 fully saturated rings. The predicted molar refractivity (Wildman–Crippen MR) is 84.4 cm³/mol. The molecule has 1 unspecified atom stereocenters. The summed E-state index contributed by atoms with van der Waals surface area (Å²) in [5.74, 6) is 1.44. The van der Waals surface area contributed by atoms with Crippen molar-refractivity contribution < 1.29 is 4.74 Å². The zero-order valence-corrected chi connectivity index (χ0v) is 12.3. The van der Waals surface area contributed by atoms with Gasteiger partial charge in [0.05, 0.1) is 6.61 Å². The highest BCUT2D eigenvalue weighted by atomic mass is 16.5. The number of hydrogen-bond donors (Lipinski definition) is 1. The van der Waals surface area contributed by atoms with Gasteiger partial charge in [0.25, 0.3) is 0 Å². The first-order chi connectivity index (χ1) is 9.83. The lowest BCUT2D eigenvalue weighted by Crippen LogP contribution is -2.19. The lowest BCUT2D eigenvalue weighted by Gasteiger charge is -2.17. The van der Waals surface area contributed by atoms with E-state index in [1.165, 1.54) is 11.1 Å². The topological polar surface area (TPSA) is 21.3 Å². The molecule has 0 bridgehead atoms. The Kier molecular flexibility index (Phi) is 5.63. The molecule has 0 spiro atoms. The maximum Gasteiger partial charge on any atom is 0.119 e. The third-order valence-electron chi connectivity index (χ3n) is 3.44. The van der Waals surface area contributed by atoms with Crippen LogP contribution in [0.1, 0.15) is 24.0 Å². The van der Waals surface area contributed by atoms with Gasteiger partial charge in [-0.25, -0.2) is 0 Å². The summed E-state index contributed by atoms with van der Waals surface area (Å²) in [6.07, 6.45) is 1.04. The summed E-state index contributed by atoms with van der Waals surface area (Å²) < 4.78 is 5.49. The maximum absolute atomic E-state index is 5.49. The summed E-state index contributed by atoms with van der Waals surface area (Å²) >= 11 is 0. The van der Waals surface area contributed by atoms with E-state index in [-0.39, 0.29) is 0 Å². The number of hydrogen-bond acceptors (Lipinski definition) is 2. The van der Waals surface area contributed by atoms with Crippen molar-refractivity contribution in [3.05, 3.63) is 65.7 Å². The first kappa shape index (κ1) is 14.6. The molecule has 0 saturated heterocycles. The molecular weight excluding hydrogens is 246 g/mol. The minimum Gasteiger partial charge on any atom is -0.494 e. The summed E-state index contributed by atoms with van der Waals surface area (Å²) in [5.41, 5.74) is 2.73. The first-order valence-electron chi connectivity index (χ1n) is 7.24. The van der Waals surface area contributed by atoms with Crippen molar-refractivity contribution in [2.24, 2.45) is 0 Å². The van der Waals surface area contributed by atoms with Gasteiger partial charge < -0.3 is 10.1 Å². The Morgan fingerprint density at radius 2 is 1.70 bits per heavy atom. The van der Waals surface area contributed by atoms with E-state index in [0.29, 0.717) is 12.5 Å². The van der Waals surface area contributed by atoms with Crippen molar-refractivity contribution >= 4 is 0 Å². The van der Waals surface area contributed by atoms with E-state index in [1.807, 2.05) is 14.0 Å². The van der Waals surface area contributed by atoms with Crippen LogP contribution in [0.2, 0.25) is 0 Å². The Hall–Kier alpha value is -1.80. The van der Waals surface area contributed by atoms with E-state index in [1.54, 1.807) is 0 Å². The largest absolute Gasteiger partial charge is 0.494 e. The van der Waals surface area contributed by atoms with Crippen molar-refractivity contribution in [1.82, 2.24) is 5.32 Å². The number of likely N-dealkylation sites (N-methyl/N-ethyl adjacent to an activating group) is 1. The lowest BCUT2D eigenvalue weighted by atomic mass is 9.92. The first-order valence-corrected chi connectivity index (χ1v) is 7.24. The average Bonchev–Trinajstić information content (AvgIpc) is 2.50. The van der Waals surface area contributed by atoms with Gasteiger partial charge in [-0.15, -0.1) is 0 Å². The molecule has 2 heteroatoms. The maximum atomic E-state index is 5.49. The molecule has 1 atom stereocenters. The third kappa shape index (κ3) is 4.10. The molecule has 2 aromatic carbocycles. The van der Waals surface area contributed by atoms with Gasteiger partial charge in [-0.1, -0.05) is 42.5 Å². The van der Waals surface area contributed by atoms with Gasteiger partial charge in [0.2, 0.25) is 0 Å². The van der Waals surface area contributed by atoms with Crippen LogP contribution in [0.3, 0.4) is 0 Å². The zero-order chi connectivity index (χ0) is 14.2. The molecule has 0 amide bonds. The Bertz CT molecular complexity index is 493. The van der Waals surface area contributed by atoms with Gasteiger partial charge in [0, 0.05) is 12.5 Å². The molecule has 0 radical (unpaired) electrons. The summed E-state index contributed by atoms with van der Waals surface area (Å²) in [6.45, 7) is 3.70. The molecule has 0 aliphatic carbocycles. The fourth-order valence-electron chi connectivity index (χ4n) is 2.45. The second-order valence-corrected chi connectivity index (χ2v) is 4.95. The van der Waals surface area contributed by atoms with E-state index < -0.39 is 0 Å². The van der Waals surface area contributed by atoms with E-state index in [9.17, 15) is 0 Å². The monoisotopic (exact) mass is 269 g/mol. The fourth-order valence-corrected chi connectivity index (χ4v) is 2.45. The Morgan fingerprint density at radius 3 is 2.30 bits per heavy atom. The highest BCUT2D eigenvalue weighted by molar-refractivity contribution is 5.30. The second kappa shape index (κ2) is 7.71. The van der Waals surface area contributed by atoms with Crippen LogP contribution in [0.15, 0.2) is 54.6 Å². The molecule has 0 aliphatic rings. The number of rotatable bonds is 7. The van der Waals surface area contributed by atoms with E-state index in [4.69, 9.17) is 4.74 Å².